The second-order valence-corrected chi connectivity index (χ2v) is 3.18. The zero-order valence-corrected chi connectivity index (χ0v) is 7.36. The Morgan fingerprint density at radius 3 is 2.67 bits per heavy atom. The summed E-state index contributed by atoms with van der Waals surface area (Å²) >= 11 is 0. The molecule has 0 aromatic carbocycles. The third-order valence-corrected chi connectivity index (χ3v) is 1.85. The van der Waals surface area contributed by atoms with Crippen LogP contribution in [0.4, 0.5) is 0 Å². The van der Waals surface area contributed by atoms with E-state index in [1.165, 1.54) is 0 Å². The maximum Gasteiger partial charge on any atom is 0.138 e. The lowest BCUT2D eigenvalue weighted by Gasteiger charge is -2.15. The van der Waals surface area contributed by atoms with E-state index in [1.807, 2.05) is 13.8 Å². The molecule has 0 aliphatic rings. The van der Waals surface area contributed by atoms with E-state index in [1.54, 1.807) is 18.3 Å². The van der Waals surface area contributed by atoms with Crippen molar-refractivity contribution in [1.82, 2.24) is 4.98 Å². The molecule has 3 heteroatoms. The van der Waals surface area contributed by atoms with Crippen LogP contribution in [0.3, 0.4) is 0 Å². The molecule has 0 aliphatic heterocycles. The van der Waals surface area contributed by atoms with Gasteiger partial charge < -0.3 is 10.8 Å². The SMILES string of the molecule is CC(C)[C@H](N)c1ncccc1O. The Morgan fingerprint density at radius 1 is 1.50 bits per heavy atom. The highest BCUT2D eigenvalue weighted by Gasteiger charge is 2.14. The minimum Gasteiger partial charge on any atom is -0.506 e. The Hall–Kier alpha value is -1.09. The van der Waals surface area contributed by atoms with Gasteiger partial charge in [0.15, 0.2) is 0 Å². The summed E-state index contributed by atoms with van der Waals surface area (Å²) < 4.78 is 0. The fourth-order valence-electron chi connectivity index (χ4n) is 0.982. The maximum atomic E-state index is 9.39. The van der Waals surface area contributed by atoms with Gasteiger partial charge in [0.1, 0.15) is 5.75 Å². The van der Waals surface area contributed by atoms with E-state index in [0.717, 1.165) is 0 Å². The second-order valence-electron chi connectivity index (χ2n) is 3.18. The van der Waals surface area contributed by atoms with E-state index in [0.29, 0.717) is 5.69 Å². The molecule has 0 fully saturated rings. The van der Waals surface area contributed by atoms with Crippen molar-refractivity contribution in [2.75, 3.05) is 0 Å². The maximum absolute atomic E-state index is 9.39. The summed E-state index contributed by atoms with van der Waals surface area (Å²) in [5.74, 6) is 0.462. The van der Waals surface area contributed by atoms with Gasteiger partial charge in [0.2, 0.25) is 0 Å². The van der Waals surface area contributed by atoms with Crippen LogP contribution in [-0.4, -0.2) is 10.1 Å². The number of nitrogens with zero attached hydrogens (tertiary/aromatic N) is 1. The molecule has 1 aromatic heterocycles. The van der Waals surface area contributed by atoms with E-state index < -0.39 is 0 Å². The molecule has 0 aliphatic carbocycles. The van der Waals surface area contributed by atoms with Gasteiger partial charge in [0.25, 0.3) is 0 Å². The molecule has 3 N–H and O–H groups in total. The van der Waals surface area contributed by atoms with Crippen LogP contribution in [0.15, 0.2) is 18.3 Å². The highest BCUT2D eigenvalue weighted by molar-refractivity contribution is 5.27. The predicted molar refractivity (Wildman–Crippen MR) is 47.7 cm³/mol. The van der Waals surface area contributed by atoms with Gasteiger partial charge in [-0.3, -0.25) is 4.98 Å². The van der Waals surface area contributed by atoms with E-state index in [2.05, 4.69) is 4.98 Å². The average Bonchev–Trinajstić information content (AvgIpc) is 2.04. The van der Waals surface area contributed by atoms with Gasteiger partial charge in [-0.05, 0) is 18.1 Å². The number of rotatable bonds is 2. The summed E-state index contributed by atoms with van der Waals surface area (Å²) in [4.78, 5) is 4.02. The number of hydrogen-bond acceptors (Lipinski definition) is 3. The van der Waals surface area contributed by atoms with Crippen molar-refractivity contribution in [2.24, 2.45) is 11.7 Å². The molecule has 1 aromatic rings. The smallest absolute Gasteiger partial charge is 0.138 e. The molecule has 3 nitrogen and oxygen atoms in total. The first kappa shape index (κ1) is 9.00. The zero-order valence-electron chi connectivity index (χ0n) is 7.36. The van der Waals surface area contributed by atoms with Crippen LogP contribution in [0.2, 0.25) is 0 Å². The lowest BCUT2D eigenvalue weighted by atomic mass is 10.0. The third-order valence-electron chi connectivity index (χ3n) is 1.85. The van der Waals surface area contributed by atoms with Crippen LogP contribution in [0.25, 0.3) is 0 Å². The van der Waals surface area contributed by atoms with E-state index in [4.69, 9.17) is 5.73 Å². The van der Waals surface area contributed by atoms with Gasteiger partial charge in [-0.1, -0.05) is 13.8 Å². The van der Waals surface area contributed by atoms with Crippen molar-refractivity contribution in [1.29, 1.82) is 0 Å². The number of aromatic nitrogens is 1. The monoisotopic (exact) mass is 166 g/mol. The molecule has 0 unspecified atom stereocenters. The molecule has 0 bridgehead atoms. The van der Waals surface area contributed by atoms with Crippen LogP contribution in [0, 0.1) is 5.92 Å². The van der Waals surface area contributed by atoms with Gasteiger partial charge in [-0.25, -0.2) is 0 Å². The Bertz CT molecular complexity index is 260. The highest BCUT2D eigenvalue weighted by atomic mass is 16.3. The summed E-state index contributed by atoms with van der Waals surface area (Å²) in [7, 11) is 0. The molecule has 1 rings (SSSR count). The van der Waals surface area contributed by atoms with E-state index in [-0.39, 0.29) is 17.7 Å². The Balaban J connectivity index is 2.94. The first-order valence-electron chi connectivity index (χ1n) is 4.02. The lowest BCUT2D eigenvalue weighted by molar-refractivity contribution is 0.431. The summed E-state index contributed by atoms with van der Waals surface area (Å²) in [6, 6.07) is 3.10. The standard InChI is InChI=1S/C9H14N2O/c1-6(2)8(10)9-7(12)4-3-5-11-9/h3-6,8,12H,10H2,1-2H3/t8-/m0/s1. The average molecular weight is 166 g/mol. The van der Waals surface area contributed by atoms with Gasteiger partial charge in [-0.15, -0.1) is 0 Å². The molecule has 66 valence electrons. The summed E-state index contributed by atoms with van der Waals surface area (Å²) in [6.45, 7) is 4.00. The first-order chi connectivity index (χ1) is 5.63. The fraction of sp³-hybridized carbons (Fsp3) is 0.444. The predicted octanol–water partition coefficient (Wildman–Crippen LogP) is 1.44. The van der Waals surface area contributed by atoms with Crippen LogP contribution in [0.5, 0.6) is 5.75 Å². The molecule has 1 heterocycles. The number of pyridine rings is 1. The third kappa shape index (κ3) is 1.74. The fourth-order valence-corrected chi connectivity index (χ4v) is 0.982. The van der Waals surface area contributed by atoms with Crippen molar-refractivity contribution < 1.29 is 5.11 Å². The molecular weight excluding hydrogens is 152 g/mol. The molecule has 0 spiro atoms. The number of aromatic hydroxyl groups is 1. The van der Waals surface area contributed by atoms with E-state index in [9.17, 15) is 5.11 Å². The van der Waals surface area contributed by atoms with Crippen LogP contribution in [-0.2, 0) is 0 Å². The minimum absolute atomic E-state index is 0.179. The second kappa shape index (κ2) is 3.54. The molecule has 0 radical (unpaired) electrons. The van der Waals surface area contributed by atoms with Crippen molar-refractivity contribution in [2.45, 2.75) is 19.9 Å². The Labute approximate surface area is 72.2 Å². The van der Waals surface area contributed by atoms with E-state index >= 15 is 0 Å². The lowest BCUT2D eigenvalue weighted by Crippen LogP contribution is -2.17. The van der Waals surface area contributed by atoms with Crippen molar-refractivity contribution in [3.8, 4) is 5.75 Å². The van der Waals surface area contributed by atoms with Gasteiger partial charge >= 0.3 is 0 Å². The zero-order chi connectivity index (χ0) is 9.14. The molecule has 1 atom stereocenters. The molecule has 0 amide bonds. The highest BCUT2D eigenvalue weighted by Crippen LogP contribution is 2.24. The van der Waals surface area contributed by atoms with Crippen LogP contribution in [0.1, 0.15) is 25.6 Å². The minimum atomic E-state index is -0.189. The number of hydrogen-bond donors (Lipinski definition) is 2. The number of nitrogens with two attached hydrogens (primary N) is 1. The van der Waals surface area contributed by atoms with Crippen molar-refractivity contribution in [3.05, 3.63) is 24.0 Å². The summed E-state index contributed by atoms with van der Waals surface area (Å²) in [5.41, 5.74) is 6.39. The molecule has 0 saturated carbocycles. The topological polar surface area (TPSA) is 59.1 Å². The molecule has 0 saturated heterocycles. The van der Waals surface area contributed by atoms with Gasteiger partial charge in [0, 0.05) is 6.20 Å². The normalized spacial score (nSPS) is 13.3. The summed E-state index contributed by atoms with van der Waals surface area (Å²) in [5, 5.41) is 9.39. The first-order valence-corrected chi connectivity index (χ1v) is 4.02. The Kier molecular flexibility index (Phi) is 2.65. The molecule has 12 heavy (non-hydrogen) atoms. The van der Waals surface area contributed by atoms with Crippen molar-refractivity contribution >= 4 is 0 Å². The molecular formula is C9H14N2O. The van der Waals surface area contributed by atoms with Gasteiger partial charge in [0.05, 0.1) is 11.7 Å². The van der Waals surface area contributed by atoms with Crippen molar-refractivity contribution in [3.63, 3.8) is 0 Å². The van der Waals surface area contributed by atoms with Crippen LogP contribution >= 0.6 is 0 Å². The van der Waals surface area contributed by atoms with Gasteiger partial charge in [-0.2, -0.15) is 0 Å². The quantitative estimate of drug-likeness (QED) is 0.699. The summed E-state index contributed by atoms with van der Waals surface area (Å²) in [6.07, 6.45) is 1.64. The largest absolute Gasteiger partial charge is 0.506 e. The van der Waals surface area contributed by atoms with Crippen LogP contribution < -0.4 is 5.73 Å². The Morgan fingerprint density at radius 2 is 2.17 bits per heavy atom.